The summed E-state index contributed by atoms with van der Waals surface area (Å²) in [6.45, 7) is 10.3. The van der Waals surface area contributed by atoms with Crippen molar-refractivity contribution in [1.29, 1.82) is 0 Å². The molecule has 1 unspecified atom stereocenters. The van der Waals surface area contributed by atoms with Gasteiger partial charge in [0.25, 0.3) is 0 Å². The average Bonchev–Trinajstić information content (AvgIpc) is 2.25. The van der Waals surface area contributed by atoms with Crippen molar-refractivity contribution in [2.24, 2.45) is 5.92 Å². The molecular formula is C14H29IOS. The molecule has 0 aliphatic carbocycles. The van der Waals surface area contributed by atoms with Crippen LogP contribution in [0.1, 0.15) is 60.3 Å². The fourth-order valence-electron chi connectivity index (χ4n) is 1.27. The number of hydrogen-bond acceptors (Lipinski definition) is 2. The van der Waals surface area contributed by atoms with Crippen LogP contribution in [-0.2, 0) is 4.79 Å². The molecule has 104 valence electrons. The average molecular weight is 372 g/mol. The molecule has 17 heavy (non-hydrogen) atoms. The number of halogens is 1. The predicted octanol–water partition coefficient (Wildman–Crippen LogP) is 5.35. The minimum absolute atomic E-state index is 0.219. The molecule has 0 spiro atoms. The molecule has 1 atom stereocenters. The fraction of sp³-hybridized carbons (Fsp3) is 0.929. The second-order valence-electron chi connectivity index (χ2n) is 4.54. The summed E-state index contributed by atoms with van der Waals surface area (Å²) >= 11 is 4.20. The van der Waals surface area contributed by atoms with Gasteiger partial charge in [0.2, 0.25) is 0 Å². The Morgan fingerprint density at radius 2 is 1.71 bits per heavy atom. The summed E-state index contributed by atoms with van der Waals surface area (Å²) in [6, 6.07) is 0. The number of alkyl halides is 1. The summed E-state index contributed by atoms with van der Waals surface area (Å²) in [5, 5.41) is 0.219. The van der Waals surface area contributed by atoms with E-state index >= 15 is 0 Å². The second kappa shape index (κ2) is 14.8. The molecule has 3 heteroatoms. The van der Waals surface area contributed by atoms with E-state index in [4.69, 9.17) is 0 Å². The molecule has 0 aromatic heterocycles. The minimum atomic E-state index is 0.219. The molecule has 0 aromatic carbocycles. The maximum atomic E-state index is 11.2. The molecule has 0 heterocycles. The van der Waals surface area contributed by atoms with Gasteiger partial charge in [-0.1, -0.05) is 63.1 Å². The van der Waals surface area contributed by atoms with Crippen LogP contribution in [0.3, 0.4) is 0 Å². The number of hydrogen-bond donors (Lipinski definition) is 0. The molecule has 0 saturated carbocycles. The van der Waals surface area contributed by atoms with Gasteiger partial charge in [-0.3, -0.25) is 4.79 Å². The lowest BCUT2D eigenvalue weighted by molar-refractivity contribution is -0.117. The first-order chi connectivity index (χ1) is 8.01. The smallest absolute Gasteiger partial charge is 0.143 e. The molecule has 0 aromatic rings. The monoisotopic (exact) mass is 372 g/mol. The van der Waals surface area contributed by atoms with Gasteiger partial charge in [-0.2, -0.15) is 11.8 Å². The Kier molecular flexibility index (Phi) is 17.5. The van der Waals surface area contributed by atoms with Crippen LogP contribution >= 0.6 is 34.4 Å². The van der Waals surface area contributed by atoms with E-state index in [9.17, 15) is 4.79 Å². The summed E-state index contributed by atoms with van der Waals surface area (Å²) in [7, 11) is 0. The van der Waals surface area contributed by atoms with Crippen molar-refractivity contribution in [2.45, 2.75) is 65.6 Å². The van der Waals surface area contributed by atoms with Crippen molar-refractivity contribution in [3.05, 3.63) is 0 Å². The van der Waals surface area contributed by atoms with Crippen molar-refractivity contribution in [3.63, 3.8) is 0 Å². The maximum absolute atomic E-state index is 11.2. The predicted molar refractivity (Wildman–Crippen MR) is 90.5 cm³/mol. The highest BCUT2D eigenvalue weighted by molar-refractivity contribution is 14.1. The van der Waals surface area contributed by atoms with Gasteiger partial charge >= 0.3 is 0 Å². The lowest BCUT2D eigenvalue weighted by Crippen LogP contribution is -2.20. The fourth-order valence-corrected chi connectivity index (χ4v) is 3.36. The normalized spacial score (nSPS) is 11.9. The number of ketones is 1. The SMILES string of the molecule is CCCCI.CCCCSC(C(C)=O)C(C)C. The van der Waals surface area contributed by atoms with E-state index in [0.29, 0.717) is 11.7 Å². The molecular weight excluding hydrogens is 343 g/mol. The molecule has 0 radical (unpaired) electrons. The van der Waals surface area contributed by atoms with E-state index in [-0.39, 0.29) is 5.25 Å². The molecule has 0 saturated heterocycles. The van der Waals surface area contributed by atoms with Gasteiger partial charge < -0.3 is 0 Å². The highest BCUT2D eigenvalue weighted by Crippen LogP contribution is 2.21. The summed E-state index contributed by atoms with van der Waals surface area (Å²) < 4.78 is 1.31. The topological polar surface area (TPSA) is 17.1 Å². The number of unbranched alkanes of at least 4 members (excludes halogenated alkanes) is 2. The lowest BCUT2D eigenvalue weighted by Gasteiger charge is -2.16. The zero-order valence-corrected chi connectivity index (χ0v) is 15.1. The largest absolute Gasteiger partial charge is 0.299 e. The maximum Gasteiger partial charge on any atom is 0.143 e. The van der Waals surface area contributed by atoms with E-state index < -0.39 is 0 Å². The van der Waals surface area contributed by atoms with Crippen molar-refractivity contribution >= 4 is 40.1 Å². The third-order valence-corrected chi connectivity index (χ3v) is 4.81. The van der Waals surface area contributed by atoms with E-state index in [1.165, 1.54) is 30.1 Å². The lowest BCUT2D eigenvalue weighted by atomic mass is 10.1. The van der Waals surface area contributed by atoms with Gasteiger partial charge in [-0.15, -0.1) is 0 Å². The Morgan fingerprint density at radius 1 is 1.18 bits per heavy atom. The van der Waals surface area contributed by atoms with Gasteiger partial charge in [-0.25, -0.2) is 0 Å². The van der Waals surface area contributed by atoms with E-state index in [2.05, 4.69) is 50.3 Å². The molecule has 0 N–H and O–H groups in total. The molecule has 0 rings (SSSR count). The first-order valence-corrected chi connectivity index (χ1v) is 9.26. The van der Waals surface area contributed by atoms with Crippen LogP contribution in [-0.4, -0.2) is 21.2 Å². The minimum Gasteiger partial charge on any atom is -0.299 e. The quantitative estimate of drug-likeness (QED) is 0.324. The number of thioether (sulfide) groups is 1. The van der Waals surface area contributed by atoms with Crippen molar-refractivity contribution in [3.8, 4) is 0 Å². The molecule has 0 fully saturated rings. The zero-order valence-electron chi connectivity index (χ0n) is 12.1. The Labute approximate surface area is 126 Å². The van der Waals surface area contributed by atoms with E-state index in [0.717, 1.165) is 5.75 Å². The number of rotatable bonds is 8. The van der Waals surface area contributed by atoms with Crippen LogP contribution < -0.4 is 0 Å². The highest BCUT2D eigenvalue weighted by Gasteiger charge is 2.17. The van der Waals surface area contributed by atoms with Crippen LogP contribution in [0.5, 0.6) is 0 Å². The van der Waals surface area contributed by atoms with Crippen LogP contribution in [0.4, 0.5) is 0 Å². The first-order valence-electron chi connectivity index (χ1n) is 6.69. The summed E-state index contributed by atoms with van der Waals surface area (Å²) in [5.41, 5.74) is 0. The molecule has 0 aliphatic rings. The van der Waals surface area contributed by atoms with Crippen molar-refractivity contribution < 1.29 is 4.79 Å². The van der Waals surface area contributed by atoms with Gasteiger partial charge in [-0.05, 0) is 35.9 Å². The van der Waals surface area contributed by atoms with Gasteiger partial charge in [0.05, 0.1) is 5.25 Å². The van der Waals surface area contributed by atoms with Gasteiger partial charge in [0, 0.05) is 0 Å². The molecule has 0 amide bonds. The van der Waals surface area contributed by atoms with Gasteiger partial charge in [0.1, 0.15) is 5.78 Å². The Balaban J connectivity index is 0. The van der Waals surface area contributed by atoms with Crippen LogP contribution in [0.15, 0.2) is 0 Å². The summed E-state index contributed by atoms with van der Waals surface area (Å²) in [5.74, 6) is 1.93. The Morgan fingerprint density at radius 3 is 1.94 bits per heavy atom. The summed E-state index contributed by atoms with van der Waals surface area (Å²) in [4.78, 5) is 11.2. The number of carbonyl (C=O) groups excluding carboxylic acids is 1. The third kappa shape index (κ3) is 14.7. The van der Waals surface area contributed by atoms with E-state index in [1.54, 1.807) is 6.92 Å². The summed E-state index contributed by atoms with van der Waals surface area (Å²) in [6.07, 6.45) is 5.15. The van der Waals surface area contributed by atoms with Crippen LogP contribution in [0, 0.1) is 5.92 Å². The third-order valence-electron chi connectivity index (χ3n) is 2.29. The second-order valence-corrected chi connectivity index (χ2v) is 6.87. The molecule has 0 aliphatic heterocycles. The van der Waals surface area contributed by atoms with Crippen molar-refractivity contribution in [2.75, 3.05) is 10.2 Å². The zero-order chi connectivity index (χ0) is 13.7. The van der Waals surface area contributed by atoms with E-state index in [1.807, 2.05) is 11.8 Å². The first kappa shape index (κ1) is 20.1. The number of carbonyl (C=O) groups is 1. The Bertz CT molecular complexity index is 170. The standard InChI is InChI=1S/C10H20OS.C4H9I/c1-5-6-7-12-10(8(2)3)9(4)11;1-2-3-4-5/h8,10H,5-7H2,1-4H3;2-4H2,1H3. The molecule has 1 nitrogen and oxygen atoms in total. The van der Waals surface area contributed by atoms with Crippen LogP contribution in [0.2, 0.25) is 0 Å². The van der Waals surface area contributed by atoms with Gasteiger partial charge in [0.15, 0.2) is 0 Å². The molecule has 0 bridgehead atoms. The highest BCUT2D eigenvalue weighted by atomic mass is 127. The van der Waals surface area contributed by atoms with Crippen LogP contribution in [0.25, 0.3) is 0 Å². The van der Waals surface area contributed by atoms with Crippen molar-refractivity contribution in [1.82, 2.24) is 0 Å². The number of Topliss-reactive ketones (excluding diaryl/α,β-unsaturated/α-hetero) is 1. The Hall–Kier alpha value is 0.750.